The molecule has 4 aliphatic carbocycles. The molecule has 0 aliphatic heterocycles. The maximum absolute atomic E-state index is 2.41. The molecule has 0 amide bonds. The summed E-state index contributed by atoms with van der Waals surface area (Å²) >= 11 is 0. The average Bonchev–Trinajstić information content (AvgIpc) is 3.46. The number of benzene rings is 2. The fourth-order valence-electron chi connectivity index (χ4n) is 6.99. The molecule has 0 nitrogen and oxygen atoms in total. The van der Waals surface area contributed by atoms with Crippen LogP contribution in [0.4, 0.5) is 0 Å². The van der Waals surface area contributed by atoms with Gasteiger partial charge in [-0.2, -0.15) is 0 Å². The quantitative estimate of drug-likeness (QED) is 0.367. The van der Waals surface area contributed by atoms with Crippen molar-refractivity contribution >= 4 is 0 Å². The molecule has 37 heavy (non-hydrogen) atoms. The van der Waals surface area contributed by atoms with Gasteiger partial charge in [-0.3, -0.25) is 0 Å². The second-order valence-electron chi connectivity index (χ2n) is 11.4. The summed E-state index contributed by atoms with van der Waals surface area (Å²) in [7, 11) is 0. The summed E-state index contributed by atoms with van der Waals surface area (Å²) in [4.78, 5) is 0. The van der Waals surface area contributed by atoms with Gasteiger partial charge in [-0.1, -0.05) is 104 Å². The van der Waals surface area contributed by atoms with Crippen molar-refractivity contribution in [3.05, 3.63) is 142 Å². The van der Waals surface area contributed by atoms with Crippen molar-refractivity contribution in [2.75, 3.05) is 0 Å². The molecule has 6 rings (SSSR count). The molecule has 0 aromatic heterocycles. The van der Waals surface area contributed by atoms with Crippen LogP contribution >= 0.6 is 0 Å². The van der Waals surface area contributed by atoms with Gasteiger partial charge < -0.3 is 0 Å². The molecule has 0 heteroatoms. The van der Waals surface area contributed by atoms with Gasteiger partial charge in [0.2, 0.25) is 0 Å². The number of hydrogen-bond donors (Lipinski definition) is 0. The SMILES string of the molecule is CCc1ccccc1C1CCC(Cc2ccc(CC3=CC=C(C4=CCCC=C4)C4C=CC=C34)cc2)CC1. The zero-order valence-electron chi connectivity index (χ0n) is 22.3. The number of allylic oxidation sites excluding steroid dienone is 12. The van der Waals surface area contributed by atoms with E-state index in [1.807, 2.05) is 0 Å². The first-order valence-corrected chi connectivity index (χ1v) is 14.6. The summed E-state index contributed by atoms with van der Waals surface area (Å²) in [5.41, 5.74) is 11.9. The van der Waals surface area contributed by atoms with E-state index < -0.39 is 0 Å². The third kappa shape index (κ3) is 5.30. The minimum Gasteiger partial charge on any atom is -0.0836 e. The van der Waals surface area contributed by atoms with Crippen molar-refractivity contribution in [1.82, 2.24) is 0 Å². The van der Waals surface area contributed by atoms with Crippen LogP contribution in [-0.2, 0) is 19.3 Å². The molecule has 1 fully saturated rings. The first-order chi connectivity index (χ1) is 18.3. The summed E-state index contributed by atoms with van der Waals surface area (Å²) in [6.07, 6.45) is 29.9. The molecule has 0 saturated heterocycles. The summed E-state index contributed by atoms with van der Waals surface area (Å²) in [6, 6.07) is 18.7. The first kappa shape index (κ1) is 24.2. The van der Waals surface area contributed by atoms with Crippen molar-refractivity contribution in [2.24, 2.45) is 11.8 Å². The van der Waals surface area contributed by atoms with E-state index in [4.69, 9.17) is 0 Å². The van der Waals surface area contributed by atoms with Gasteiger partial charge in [-0.15, -0.1) is 0 Å². The predicted molar refractivity (Wildman–Crippen MR) is 158 cm³/mol. The smallest absolute Gasteiger partial charge is 0.0281 e. The van der Waals surface area contributed by atoms with E-state index in [1.54, 1.807) is 11.1 Å². The molecular weight excluding hydrogens is 444 g/mol. The van der Waals surface area contributed by atoms with Gasteiger partial charge in [0.05, 0.1) is 0 Å². The van der Waals surface area contributed by atoms with Crippen molar-refractivity contribution in [1.29, 1.82) is 0 Å². The number of fused-ring (bicyclic) bond motifs is 1. The Kier molecular flexibility index (Phi) is 7.27. The van der Waals surface area contributed by atoms with Gasteiger partial charge in [0, 0.05) is 5.92 Å². The molecule has 188 valence electrons. The molecule has 4 aliphatic rings. The zero-order chi connectivity index (χ0) is 25.0. The highest BCUT2D eigenvalue weighted by Gasteiger charge is 2.27. The Morgan fingerprint density at radius 1 is 0.784 bits per heavy atom. The highest BCUT2D eigenvalue weighted by Crippen LogP contribution is 2.41. The Bertz CT molecular complexity index is 1300. The van der Waals surface area contributed by atoms with E-state index in [-0.39, 0.29) is 0 Å². The Labute approximate surface area is 223 Å². The number of aryl methyl sites for hydroxylation is 1. The Morgan fingerprint density at radius 3 is 2.38 bits per heavy atom. The third-order valence-corrected chi connectivity index (χ3v) is 9.08. The third-order valence-electron chi connectivity index (χ3n) is 9.08. The van der Waals surface area contributed by atoms with E-state index in [2.05, 4.69) is 104 Å². The molecule has 2 aromatic rings. The predicted octanol–water partition coefficient (Wildman–Crippen LogP) is 9.56. The fraction of sp³-hybridized carbons (Fsp3) is 0.351. The lowest BCUT2D eigenvalue weighted by Crippen LogP contribution is -2.16. The van der Waals surface area contributed by atoms with Gasteiger partial charge in [0.25, 0.3) is 0 Å². The molecule has 0 bridgehead atoms. The summed E-state index contributed by atoms with van der Waals surface area (Å²) in [5, 5.41) is 0. The molecule has 0 N–H and O–H groups in total. The minimum atomic E-state index is 0.424. The average molecular weight is 485 g/mol. The Morgan fingerprint density at radius 2 is 1.59 bits per heavy atom. The monoisotopic (exact) mass is 484 g/mol. The van der Waals surface area contributed by atoms with Crippen molar-refractivity contribution in [3.8, 4) is 0 Å². The van der Waals surface area contributed by atoms with Gasteiger partial charge in [-0.25, -0.2) is 0 Å². The van der Waals surface area contributed by atoms with E-state index >= 15 is 0 Å². The van der Waals surface area contributed by atoms with Crippen LogP contribution in [0.1, 0.15) is 73.6 Å². The van der Waals surface area contributed by atoms with E-state index in [9.17, 15) is 0 Å². The summed E-state index contributed by atoms with van der Waals surface area (Å²) in [6.45, 7) is 2.29. The lowest BCUT2D eigenvalue weighted by atomic mass is 9.75. The van der Waals surface area contributed by atoms with Crippen LogP contribution in [-0.4, -0.2) is 0 Å². The molecule has 0 heterocycles. The molecular formula is C37H40. The van der Waals surface area contributed by atoms with Gasteiger partial charge >= 0.3 is 0 Å². The van der Waals surface area contributed by atoms with Crippen LogP contribution in [0.2, 0.25) is 0 Å². The topological polar surface area (TPSA) is 0 Å². The Balaban J connectivity index is 1.07. The first-order valence-electron chi connectivity index (χ1n) is 14.6. The van der Waals surface area contributed by atoms with Gasteiger partial charge in [0.15, 0.2) is 0 Å². The summed E-state index contributed by atoms with van der Waals surface area (Å²) in [5.74, 6) is 2.02. The highest BCUT2D eigenvalue weighted by atomic mass is 14.3. The van der Waals surface area contributed by atoms with Gasteiger partial charge in [-0.05, 0) is 114 Å². The van der Waals surface area contributed by atoms with Gasteiger partial charge in [0.1, 0.15) is 0 Å². The van der Waals surface area contributed by atoms with Crippen LogP contribution in [0.15, 0.2) is 119 Å². The normalized spacial score (nSPS) is 24.7. The number of hydrogen-bond acceptors (Lipinski definition) is 0. The van der Waals surface area contributed by atoms with E-state index in [1.165, 1.54) is 71.9 Å². The van der Waals surface area contributed by atoms with Crippen LogP contribution in [0.3, 0.4) is 0 Å². The van der Waals surface area contributed by atoms with Crippen LogP contribution in [0.25, 0.3) is 0 Å². The van der Waals surface area contributed by atoms with E-state index in [0.29, 0.717) is 5.92 Å². The molecule has 2 aromatic carbocycles. The van der Waals surface area contributed by atoms with Crippen LogP contribution in [0.5, 0.6) is 0 Å². The second-order valence-corrected chi connectivity index (χ2v) is 11.4. The molecule has 1 saturated carbocycles. The molecule has 1 atom stereocenters. The van der Waals surface area contributed by atoms with Crippen LogP contribution in [0, 0.1) is 11.8 Å². The van der Waals surface area contributed by atoms with E-state index in [0.717, 1.165) is 31.1 Å². The minimum absolute atomic E-state index is 0.424. The second kappa shape index (κ2) is 11.1. The maximum atomic E-state index is 2.41. The molecule has 0 radical (unpaired) electrons. The van der Waals surface area contributed by atoms with Crippen molar-refractivity contribution in [3.63, 3.8) is 0 Å². The lowest BCUT2D eigenvalue weighted by Gasteiger charge is -2.30. The standard InChI is InChI=1S/C37H40/c1-2-30-9-6-7-12-34(30)32-21-19-28(20-22-32)25-27-15-17-29(18-16-27)26-33-23-24-36(31-10-4-3-5-11-31)37-14-8-13-35(33)37/h4,6-18,23-24,28,32,37H,2-3,5,19-22,25-26H2,1H3. The number of rotatable bonds is 7. The highest BCUT2D eigenvalue weighted by molar-refractivity contribution is 5.60. The maximum Gasteiger partial charge on any atom is 0.0281 e. The zero-order valence-corrected chi connectivity index (χ0v) is 22.3. The lowest BCUT2D eigenvalue weighted by molar-refractivity contribution is 0.324. The summed E-state index contributed by atoms with van der Waals surface area (Å²) < 4.78 is 0. The Hall–Kier alpha value is -3.12. The van der Waals surface area contributed by atoms with Crippen molar-refractivity contribution in [2.45, 2.75) is 70.6 Å². The largest absolute Gasteiger partial charge is 0.0836 e. The molecule has 1 unspecified atom stereocenters. The fourth-order valence-corrected chi connectivity index (χ4v) is 6.99. The van der Waals surface area contributed by atoms with Crippen LogP contribution < -0.4 is 0 Å². The molecule has 0 spiro atoms. The van der Waals surface area contributed by atoms with Crippen molar-refractivity contribution < 1.29 is 0 Å².